The van der Waals surface area contributed by atoms with Crippen LogP contribution in [0.4, 0.5) is 0 Å². The van der Waals surface area contributed by atoms with E-state index >= 15 is 0 Å². The Kier molecular flexibility index (Phi) is 5.18. The van der Waals surface area contributed by atoms with E-state index in [1.165, 1.54) is 0 Å². The van der Waals surface area contributed by atoms with Crippen LogP contribution in [0.15, 0.2) is 17.2 Å². The molecule has 1 aromatic heterocycles. The topological polar surface area (TPSA) is 102 Å². The number of carbonyl (C=O) groups is 2. The summed E-state index contributed by atoms with van der Waals surface area (Å²) < 4.78 is 0.195. The van der Waals surface area contributed by atoms with E-state index < -0.39 is 25.7 Å². The third-order valence-electron chi connectivity index (χ3n) is 2.58. The molecule has 0 aliphatic carbocycles. The van der Waals surface area contributed by atoms with Crippen molar-refractivity contribution in [1.29, 1.82) is 0 Å². The second-order valence-electron chi connectivity index (χ2n) is 5.50. The van der Waals surface area contributed by atoms with Crippen molar-refractivity contribution in [1.82, 2.24) is 0 Å². The normalized spacial score (nSPS) is 11.3. The van der Waals surface area contributed by atoms with Gasteiger partial charge in [0.2, 0.25) is 0 Å². The molecule has 1 aromatic rings. The van der Waals surface area contributed by atoms with E-state index in [1.54, 1.807) is 0 Å². The molecule has 0 atom stereocenters. The van der Waals surface area contributed by atoms with Gasteiger partial charge in [-0.25, -0.2) is 9.59 Å². The smallest absolute Gasteiger partial charge is 0.402 e. The second-order valence-corrected chi connectivity index (χ2v) is 12.2. The first-order valence-corrected chi connectivity index (χ1v) is 10.7. The Morgan fingerprint density at radius 1 is 1.25 bits per heavy atom. The molecule has 0 radical (unpaired) electrons. The van der Waals surface area contributed by atoms with Crippen molar-refractivity contribution in [2.75, 3.05) is 5.75 Å². The van der Waals surface area contributed by atoms with Crippen molar-refractivity contribution in [3.8, 4) is 0 Å². The number of hydrogen-bond donors (Lipinski definition) is 2. The maximum atomic E-state index is 12.0. The summed E-state index contributed by atoms with van der Waals surface area (Å²) in [5.74, 6) is -2.01. The van der Waals surface area contributed by atoms with Crippen LogP contribution in [0, 0.1) is 5.21 Å². The fourth-order valence-corrected chi connectivity index (χ4v) is 5.01. The van der Waals surface area contributed by atoms with Crippen LogP contribution in [0.25, 0.3) is 0 Å². The lowest BCUT2D eigenvalue weighted by Gasteiger charge is -2.15. The summed E-state index contributed by atoms with van der Waals surface area (Å²) in [6.07, 6.45) is 0. The Labute approximate surface area is 122 Å². The van der Waals surface area contributed by atoms with Crippen LogP contribution in [0.3, 0.4) is 0 Å². The molecule has 0 spiro atoms. The number of rotatable bonds is 6. The van der Waals surface area contributed by atoms with E-state index in [0.717, 1.165) is 29.9 Å². The van der Waals surface area contributed by atoms with E-state index in [9.17, 15) is 14.8 Å². The average Bonchev–Trinajstić information content (AvgIpc) is 2.28. The lowest BCUT2D eigenvalue weighted by molar-refractivity contribution is -0.648. The summed E-state index contributed by atoms with van der Waals surface area (Å²) in [5, 5.41) is 29.9. The van der Waals surface area contributed by atoms with Crippen LogP contribution in [-0.2, 0) is 0 Å². The fourth-order valence-electron chi connectivity index (χ4n) is 1.43. The third-order valence-corrected chi connectivity index (χ3v) is 5.76. The predicted octanol–water partition coefficient (Wildman–Crippen LogP) is 2.15. The Balaban J connectivity index is 3.10. The average molecular weight is 315 g/mol. The first-order chi connectivity index (χ1) is 9.13. The van der Waals surface area contributed by atoms with Crippen molar-refractivity contribution in [2.24, 2.45) is 0 Å². The van der Waals surface area contributed by atoms with Crippen molar-refractivity contribution in [3.63, 3.8) is 0 Å². The molecule has 0 amide bonds. The van der Waals surface area contributed by atoms with E-state index in [4.69, 9.17) is 10.2 Å². The van der Waals surface area contributed by atoms with Crippen LogP contribution in [0.1, 0.15) is 20.8 Å². The quantitative estimate of drug-likeness (QED) is 0.361. The number of carboxylic acids is 2. The zero-order valence-electron chi connectivity index (χ0n) is 11.5. The van der Waals surface area contributed by atoms with Crippen molar-refractivity contribution in [2.45, 2.75) is 30.7 Å². The van der Waals surface area contributed by atoms with Gasteiger partial charge in [-0.1, -0.05) is 31.4 Å². The van der Waals surface area contributed by atoms with E-state index in [0.29, 0.717) is 5.75 Å². The molecule has 0 saturated heterocycles. The molecule has 0 saturated carbocycles. The Hall–Kier alpha value is -1.54. The molecule has 8 heteroatoms. The van der Waals surface area contributed by atoms with Crippen molar-refractivity contribution in [3.05, 3.63) is 28.6 Å². The SMILES string of the molecule is C[Si](C)(C)CCSc1c(C(=O)O)ccc(C(=O)O)[n+]1[O-]. The highest BCUT2D eigenvalue weighted by Crippen LogP contribution is 2.23. The minimum absolute atomic E-state index is 0.0596. The number of thioether (sulfide) groups is 1. The van der Waals surface area contributed by atoms with Gasteiger partial charge in [-0.2, -0.15) is 4.73 Å². The maximum Gasteiger partial charge on any atom is 0.402 e. The zero-order chi connectivity index (χ0) is 15.5. The van der Waals surface area contributed by atoms with Crippen LogP contribution in [-0.4, -0.2) is 36.0 Å². The summed E-state index contributed by atoms with van der Waals surface area (Å²) in [7, 11) is -1.30. The molecule has 1 heterocycles. The summed E-state index contributed by atoms with van der Waals surface area (Å²) in [4.78, 5) is 22.0. The summed E-state index contributed by atoms with van der Waals surface area (Å²) in [6.45, 7) is 6.51. The number of aromatic nitrogens is 1. The molecule has 0 bridgehead atoms. The summed E-state index contributed by atoms with van der Waals surface area (Å²) in [5.41, 5.74) is -0.629. The maximum absolute atomic E-state index is 12.0. The monoisotopic (exact) mass is 315 g/mol. The number of carboxylic acid groups (broad SMARTS) is 2. The van der Waals surface area contributed by atoms with Gasteiger partial charge in [0, 0.05) is 19.9 Å². The molecule has 0 aliphatic rings. The Morgan fingerprint density at radius 3 is 2.30 bits per heavy atom. The van der Waals surface area contributed by atoms with E-state index in [-0.39, 0.29) is 15.3 Å². The van der Waals surface area contributed by atoms with Gasteiger partial charge in [-0.3, -0.25) is 0 Å². The molecular weight excluding hydrogens is 298 g/mol. The minimum Gasteiger partial charge on any atom is -0.617 e. The molecule has 0 fully saturated rings. The van der Waals surface area contributed by atoms with Crippen molar-refractivity contribution < 1.29 is 24.5 Å². The Bertz CT molecular complexity index is 541. The second kappa shape index (κ2) is 6.27. The number of pyridine rings is 1. The molecule has 110 valence electrons. The van der Waals surface area contributed by atoms with Crippen LogP contribution in [0.5, 0.6) is 0 Å². The van der Waals surface area contributed by atoms with Crippen molar-refractivity contribution >= 4 is 31.8 Å². The first kappa shape index (κ1) is 16.5. The van der Waals surface area contributed by atoms with Gasteiger partial charge in [0.05, 0.1) is 0 Å². The van der Waals surface area contributed by atoms with Gasteiger partial charge in [0.1, 0.15) is 5.56 Å². The number of hydrogen-bond acceptors (Lipinski definition) is 4. The number of nitrogens with zero attached hydrogens (tertiary/aromatic N) is 1. The van der Waals surface area contributed by atoms with E-state index in [1.807, 2.05) is 0 Å². The Morgan fingerprint density at radius 2 is 1.85 bits per heavy atom. The highest BCUT2D eigenvalue weighted by Gasteiger charge is 2.26. The molecule has 0 aromatic carbocycles. The standard InChI is InChI=1S/C12H17NO5SSi/c1-20(2,3)7-6-19-10-8(11(14)15)4-5-9(12(16)17)13(10)18/h4-5H,6-7H2,1-3H3,(H,14,15)(H,16,17). The molecule has 1 rings (SSSR count). The molecule has 0 aliphatic heterocycles. The first-order valence-electron chi connectivity index (χ1n) is 5.99. The van der Waals surface area contributed by atoms with Gasteiger partial charge >= 0.3 is 17.6 Å². The molecular formula is C12H17NO5SSi. The van der Waals surface area contributed by atoms with E-state index in [2.05, 4.69) is 19.6 Å². The highest BCUT2D eigenvalue weighted by molar-refractivity contribution is 7.99. The minimum atomic E-state index is -1.37. The van der Waals surface area contributed by atoms with Gasteiger partial charge in [0.25, 0.3) is 5.03 Å². The van der Waals surface area contributed by atoms with Crippen LogP contribution in [0.2, 0.25) is 25.7 Å². The largest absolute Gasteiger partial charge is 0.617 e. The van der Waals surface area contributed by atoms with Gasteiger partial charge in [0.15, 0.2) is 0 Å². The van der Waals surface area contributed by atoms with Crippen LogP contribution >= 0.6 is 11.8 Å². The van der Waals surface area contributed by atoms with Gasteiger partial charge < -0.3 is 15.4 Å². The molecule has 6 nitrogen and oxygen atoms in total. The number of aromatic carboxylic acids is 2. The predicted molar refractivity (Wildman–Crippen MR) is 78.2 cm³/mol. The molecule has 0 unspecified atom stereocenters. The van der Waals surface area contributed by atoms with Gasteiger partial charge in [-0.15, -0.1) is 0 Å². The third kappa shape index (κ3) is 4.24. The highest BCUT2D eigenvalue weighted by atomic mass is 32.2. The molecule has 2 N–H and O–H groups in total. The van der Waals surface area contributed by atoms with Gasteiger partial charge in [-0.05, 0) is 12.1 Å². The zero-order valence-corrected chi connectivity index (χ0v) is 13.4. The summed E-state index contributed by atoms with van der Waals surface area (Å²) >= 11 is 1.10. The lowest BCUT2D eigenvalue weighted by Crippen LogP contribution is -2.38. The van der Waals surface area contributed by atoms with Crippen LogP contribution < -0.4 is 4.73 Å². The molecule has 20 heavy (non-hydrogen) atoms. The lowest BCUT2D eigenvalue weighted by atomic mass is 10.2. The summed E-state index contributed by atoms with van der Waals surface area (Å²) in [6, 6.07) is 3.09. The fraction of sp³-hybridized carbons (Fsp3) is 0.417.